The highest BCUT2D eigenvalue weighted by atomic mass is 79.9. The summed E-state index contributed by atoms with van der Waals surface area (Å²) in [7, 11) is 8.05. The standard InChI is InChI=1S/C34H42N2O4S2.2BrH/c1-25(37)41-21-19-35(3,4)23-33(39)31-15-11-29(12-16-31)27-7-9-28(10-8-27)30-13-17-32(18-14-30)34(40)24-36(5,6)20-22-42-26(2)38;;/h7-18H,19-24H2,1-6H3;2*1H/q+2;;/p-2. The van der Waals surface area contributed by atoms with Crippen molar-refractivity contribution in [3.63, 3.8) is 0 Å². The summed E-state index contributed by atoms with van der Waals surface area (Å²) in [5.74, 6) is 1.58. The average Bonchev–Trinajstić information content (AvgIpc) is 2.92. The van der Waals surface area contributed by atoms with E-state index in [0.717, 1.165) is 35.3 Å². The second kappa shape index (κ2) is 18.2. The van der Waals surface area contributed by atoms with Gasteiger partial charge in [-0.05, 0) is 22.3 Å². The van der Waals surface area contributed by atoms with Crippen LogP contribution in [0.15, 0.2) is 72.8 Å². The minimum absolute atomic E-state index is 0. The van der Waals surface area contributed by atoms with Gasteiger partial charge in [0.25, 0.3) is 0 Å². The van der Waals surface area contributed by atoms with E-state index in [4.69, 9.17) is 0 Å². The normalized spacial score (nSPS) is 11.2. The van der Waals surface area contributed by atoms with Gasteiger partial charge in [0.05, 0.1) is 52.8 Å². The molecule has 0 fully saturated rings. The van der Waals surface area contributed by atoms with Crippen molar-refractivity contribution < 1.29 is 62.1 Å². The third-order valence-electron chi connectivity index (χ3n) is 7.11. The van der Waals surface area contributed by atoms with E-state index < -0.39 is 0 Å². The number of quaternary nitrogens is 2. The van der Waals surface area contributed by atoms with Crippen molar-refractivity contribution in [2.45, 2.75) is 13.8 Å². The third kappa shape index (κ3) is 13.1. The minimum atomic E-state index is 0. The molecule has 0 atom stereocenters. The predicted molar refractivity (Wildman–Crippen MR) is 176 cm³/mol. The summed E-state index contributed by atoms with van der Waals surface area (Å²) in [6.45, 7) is 5.40. The van der Waals surface area contributed by atoms with Crippen LogP contribution in [0.5, 0.6) is 0 Å². The molecular formula is C34H42Br2N2O4S2. The molecule has 6 nitrogen and oxygen atoms in total. The lowest BCUT2D eigenvalue weighted by atomic mass is 9.98. The number of rotatable bonds is 14. The molecule has 0 bridgehead atoms. The number of Topliss-reactive ketones (excluding diaryl/α,β-unsaturated/α-hetero) is 2. The molecular weight excluding hydrogens is 724 g/mol. The number of carbonyl (C=O) groups excluding carboxylic acids is 4. The van der Waals surface area contributed by atoms with E-state index in [1.54, 1.807) is 13.8 Å². The van der Waals surface area contributed by atoms with E-state index >= 15 is 0 Å². The topological polar surface area (TPSA) is 68.3 Å². The van der Waals surface area contributed by atoms with Crippen LogP contribution in [0.4, 0.5) is 0 Å². The van der Waals surface area contributed by atoms with Gasteiger partial charge in [-0.1, -0.05) is 96.3 Å². The summed E-state index contributed by atoms with van der Waals surface area (Å²) in [5, 5.41) is 0.200. The van der Waals surface area contributed by atoms with Crippen LogP contribution in [0, 0.1) is 0 Å². The van der Waals surface area contributed by atoms with Crippen LogP contribution < -0.4 is 34.0 Å². The Balaban J connectivity index is 0.00000484. The molecule has 0 N–H and O–H groups in total. The molecule has 3 rings (SSSR count). The molecule has 0 amide bonds. The Kier molecular flexibility index (Phi) is 16.5. The number of ketones is 2. The second-order valence-electron chi connectivity index (χ2n) is 11.9. The Morgan fingerprint density at radius 3 is 1.00 bits per heavy atom. The van der Waals surface area contributed by atoms with Crippen LogP contribution in [0.25, 0.3) is 22.3 Å². The zero-order chi connectivity index (χ0) is 30.9. The van der Waals surface area contributed by atoms with E-state index in [0.29, 0.717) is 44.7 Å². The molecule has 0 heterocycles. The van der Waals surface area contributed by atoms with Gasteiger partial charge in [0, 0.05) is 25.0 Å². The Morgan fingerprint density at radius 2 is 0.750 bits per heavy atom. The lowest BCUT2D eigenvalue weighted by Gasteiger charge is -2.28. The third-order valence-corrected chi connectivity index (χ3v) is 8.70. The Bertz CT molecular complexity index is 1300. The number of thioether (sulfide) groups is 2. The fourth-order valence-corrected chi connectivity index (χ4v) is 6.29. The zero-order valence-corrected chi connectivity index (χ0v) is 31.1. The number of nitrogens with zero attached hydrogens (tertiary/aromatic N) is 2. The van der Waals surface area contributed by atoms with Gasteiger partial charge in [0.2, 0.25) is 11.6 Å². The fourth-order valence-electron chi connectivity index (χ4n) is 4.54. The maximum absolute atomic E-state index is 12.9. The van der Waals surface area contributed by atoms with E-state index in [-0.39, 0.29) is 55.8 Å². The second-order valence-corrected chi connectivity index (χ2v) is 14.4. The van der Waals surface area contributed by atoms with E-state index in [9.17, 15) is 19.2 Å². The molecule has 3 aromatic carbocycles. The summed E-state index contributed by atoms with van der Waals surface area (Å²) < 4.78 is 1.08. The first-order valence-corrected chi connectivity index (χ1v) is 16.0. The molecule has 0 aliphatic rings. The van der Waals surface area contributed by atoms with Crippen molar-refractivity contribution in [3.8, 4) is 22.3 Å². The van der Waals surface area contributed by atoms with Gasteiger partial charge in [0.1, 0.15) is 13.1 Å². The highest BCUT2D eigenvalue weighted by molar-refractivity contribution is 8.13. The molecule has 0 aromatic heterocycles. The fraction of sp³-hybridized carbons (Fsp3) is 0.353. The van der Waals surface area contributed by atoms with Crippen LogP contribution in [0.3, 0.4) is 0 Å². The summed E-state index contributed by atoms with van der Waals surface area (Å²) in [6.07, 6.45) is 0. The number of benzene rings is 3. The van der Waals surface area contributed by atoms with Crippen molar-refractivity contribution in [2.75, 3.05) is 65.9 Å². The van der Waals surface area contributed by atoms with E-state index in [1.165, 1.54) is 23.5 Å². The molecule has 0 aliphatic carbocycles. The predicted octanol–water partition coefficient (Wildman–Crippen LogP) is 0.106. The maximum Gasteiger partial charge on any atom is 0.216 e. The van der Waals surface area contributed by atoms with Gasteiger partial charge in [-0.3, -0.25) is 19.2 Å². The highest BCUT2D eigenvalue weighted by Crippen LogP contribution is 2.26. The summed E-state index contributed by atoms with van der Waals surface area (Å²) >= 11 is 2.59. The smallest absolute Gasteiger partial charge is 0.216 e. The number of carbonyl (C=O) groups is 4. The Hall–Kier alpha value is -2.08. The van der Waals surface area contributed by atoms with Crippen molar-refractivity contribution in [3.05, 3.63) is 83.9 Å². The molecule has 44 heavy (non-hydrogen) atoms. The SMILES string of the molecule is CC(=O)SCC[N+](C)(C)CC(=O)c1ccc(-c2ccc(-c3ccc(C(=O)C[N+](C)(C)CCSC(C)=O)cc3)cc2)cc1.[Br-].[Br-]. The van der Waals surface area contributed by atoms with Gasteiger partial charge in [-0.2, -0.15) is 0 Å². The van der Waals surface area contributed by atoms with Crippen LogP contribution in [0.1, 0.15) is 34.6 Å². The molecule has 3 aromatic rings. The van der Waals surface area contributed by atoms with Gasteiger partial charge in [-0.25, -0.2) is 0 Å². The van der Waals surface area contributed by atoms with Crippen molar-refractivity contribution in [1.82, 2.24) is 0 Å². The van der Waals surface area contributed by atoms with Crippen LogP contribution >= 0.6 is 23.5 Å². The molecule has 0 saturated carbocycles. The Labute approximate surface area is 291 Å². The zero-order valence-electron chi connectivity index (χ0n) is 26.3. The van der Waals surface area contributed by atoms with Crippen molar-refractivity contribution in [2.24, 2.45) is 0 Å². The molecule has 0 unspecified atom stereocenters. The first-order chi connectivity index (χ1) is 19.7. The van der Waals surface area contributed by atoms with E-state index in [1.807, 2.05) is 76.7 Å². The summed E-state index contributed by atoms with van der Waals surface area (Å²) in [6, 6.07) is 23.7. The van der Waals surface area contributed by atoms with Crippen molar-refractivity contribution in [1.29, 1.82) is 0 Å². The number of hydrogen-bond acceptors (Lipinski definition) is 6. The first-order valence-electron chi connectivity index (χ1n) is 14.0. The van der Waals surface area contributed by atoms with Crippen LogP contribution in [-0.2, 0) is 9.59 Å². The lowest BCUT2D eigenvalue weighted by Crippen LogP contribution is -3.00. The quantitative estimate of drug-likeness (QED) is 0.172. The summed E-state index contributed by atoms with van der Waals surface area (Å²) in [4.78, 5) is 48.2. The maximum atomic E-state index is 12.9. The average molecular weight is 767 g/mol. The lowest BCUT2D eigenvalue weighted by molar-refractivity contribution is -0.879. The minimum Gasteiger partial charge on any atom is -1.00 e. The van der Waals surface area contributed by atoms with Gasteiger partial charge < -0.3 is 42.9 Å². The molecule has 238 valence electrons. The number of likely N-dealkylation sites (N-methyl/N-ethyl adjacent to an activating group) is 2. The molecule has 0 aliphatic heterocycles. The largest absolute Gasteiger partial charge is 1.00 e. The monoisotopic (exact) mass is 764 g/mol. The van der Waals surface area contributed by atoms with Crippen LogP contribution in [-0.4, -0.2) is 96.6 Å². The van der Waals surface area contributed by atoms with Gasteiger partial charge in [-0.15, -0.1) is 0 Å². The first kappa shape index (κ1) is 39.9. The molecule has 0 spiro atoms. The number of halogens is 2. The van der Waals surface area contributed by atoms with E-state index in [2.05, 4.69) is 24.3 Å². The molecule has 0 saturated heterocycles. The molecule has 0 radical (unpaired) electrons. The van der Waals surface area contributed by atoms with Crippen LogP contribution in [0.2, 0.25) is 0 Å². The summed E-state index contributed by atoms with van der Waals surface area (Å²) in [5.41, 5.74) is 5.57. The van der Waals surface area contributed by atoms with Gasteiger partial charge in [0.15, 0.2) is 10.2 Å². The van der Waals surface area contributed by atoms with Crippen molar-refractivity contribution >= 4 is 45.3 Å². The van der Waals surface area contributed by atoms with Gasteiger partial charge >= 0.3 is 0 Å². The Morgan fingerprint density at radius 1 is 0.500 bits per heavy atom. The highest BCUT2D eigenvalue weighted by Gasteiger charge is 2.22. The number of hydrogen-bond donors (Lipinski definition) is 0. The molecule has 10 heteroatoms.